The first-order valence-electron chi connectivity index (χ1n) is 9.15. The zero-order valence-electron chi connectivity index (χ0n) is 17.1. The Balaban J connectivity index is 3.50. The average Bonchev–Trinajstić information content (AvgIpc) is 2.43. The molecule has 0 saturated heterocycles. The Kier molecular flexibility index (Phi) is 6.77. The van der Waals surface area contributed by atoms with Gasteiger partial charge < -0.3 is 0 Å². The summed E-state index contributed by atoms with van der Waals surface area (Å²) in [5, 5.41) is 0. The second kappa shape index (κ2) is 7.67. The van der Waals surface area contributed by atoms with Crippen LogP contribution in [0.25, 0.3) is 0 Å². The molecule has 27 heavy (non-hydrogen) atoms. The predicted molar refractivity (Wildman–Crippen MR) is 96.8 cm³/mol. The molecule has 0 fully saturated rings. The number of hydrogen-bond donors (Lipinski definition) is 0. The Labute approximate surface area is 158 Å². The van der Waals surface area contributed by atoms with Crippen LogP contribution in [0.3, 0.4) is 0 Å². The van der Waals surface area contributed by atoms with Gasteiger partial charge in [-0.15, -0.1) is 0 Å². The fraction of sp³-hybridized carbons (Fsp3) is 0.714. The van der Waals surface area contributed by atoms with Crippen LogP contribution in [0.1, 0.15) is 71.1 Å². The molecule has 1 atom stereocenters. The molecule has 0 bridgehead atoms. The number of hydrogen-bond acceptors (Lipinski definition) is 0. The zero-order valence-corrected chi connectivity index (χ0v) is 17.1. The quantitative estimate of drug-likeness (QED) is 0.432. The van der Waals surface area contributed by atoms with Gasteiger partial charge in [0, 0.05) is 0 Å². The van der Waals surface area contributed by atoms with Crippen molar-refractivity contribution in [2.24, 2.45) is 16.7 Å². The van der Waals surface area contributed by atoms with E-state index in [2.05, 4.69) is 0 Å². The van der Waals surface area contributed by atoms with Crippen molar-refractivity contribution in [3.8, 4) is 0 Å². The molecule has 0 saturated carbocycles. The predicted octanol–water partition coefficient (Wildman–Crippen LogP) is 7.71. The molecule has 1 aromatic rings. The molecule has 0 heterocycles. The van der Waals surface area contributed by atoms with Gasteiger partial charge in [-0.25, -0.2) is 0 Å². The van der Waals surface area contributed by atoms with Gasteiger partial charge in [0.2, 0.25) is 0 Å². The van der Waals surface area contributed by atoms with Gasteiger partial charge in [-0.1, -0.05) is 66.7 Å². The van der Waals surface area contributed by atoms with Crippen molar-refractivity contribution in [2.45, 2.75) is 79.6 Å². The SMILES string of the molecule is CC(C)C(C)c1c(CC(C)(C)C(F)(F)F)cccc1CC(C)(C)C(F)(F)F. The highest BCUT2D eigenvalue weighted by Crippen LogP contribution is 2.45. The van der Waals surface area contributed by atoms with Gasteiger partial charge in [0.25, 0.3) is 0 Å². The molecule has 0 radical (unpaired) electrons. The van der Waals surface area contributed by atoms with Crippen LogP contribution in [0.5, 0.6) is 0 Å². The molecule has 0 aliphatic carbocycles. The van der Waals surface area contributed by atoms with Crippen LogP contribution in [0.2, 0.25) is 0 Å². The van der Waals surface area contributed by atoms with E-state index in [1.807, 2.05) is 20.8 Å². The molecule has 1 aromatic carbocycles. The van der Waals surface area contributed by atoms with E-state index in [4.69, 9.17) is 0 Å². The summed E-state index contributed by atoms with van der Waals surface area (Å²) in [6.45, 7) is 10.2. The number of rotatable bonds is 6. The minimum Gasteiger partial charge on any atom is -0.171 e. The summed E-state index contributed by atoms with van der Waals surface area (Å²) in [7, 11) is 0. The van der Waals surface area contributed by atoms with Gasteiger partial charge in [0.05, 0.1) is 10.8 Å². The topological polar surface area (TPSA) is 0 Å². The summed E-state index contributed by atoms with van der Waals surface area (Å²) >= 11 is 0. The summed E-state index contributed by atoms with van der Waals surface area (Å²) in [4.78, 5) is 0. The smallest absolute Gasteiger partial charge is 0.171 e. The van der Waals surface area contributed by atoms with E-state index in [1.165, 1.54) is 0 Å². The highest BCUT2D eigenvalue weighted by Gasteiger charge is 2.49. The molecular weight excluding hydrogens is 366 g/mol. The normalized spacial score (nSPS) is 15.3. The Morgan fingerprint density at radius 3 is 1.30 bits per heavy atom. The van der Waals surface area contributed by atoms with E-state index in [0.29, 0.717) is 16.7 Å². The van der Waals surface area contributed by atoms with E-state index in [1.54, 1.807) is 18.2 Å². The third-order valence-corrected chi connectivity index (χ3v) is 5.54. The van der Waals surface area contributed by atoms with Crippen molar-refractivity contribution in [3.05, 3.63) is 34.9 Å². The Bertz CT molecular complexity index is 589. The van der Waals surface area contributed by atoms with Crippen molar-refractivity contribution in [3.63, 3.8) is 0 Å². The van der Waals surface area contributed by atoms with Gasteiger partial charge in [0.15, 0.2) is 0 Å². The van der Waals surface area contributed by atoms with Crippen LogP contribution in [0.4, 0.5) is 26.3 Å². The second-order valence-corrected chi connectivity index (χ2v) is 9.14. The third kappa shape index (κ3) is 5.41. The molecule has 0 N–H and O–H groups in total. The first kappa shape index (κ1) is 23.8. The monoisotopic (exact) mass is 396 g/mol. The minimum absolute atomic E-state index is 0.0906. The molecule has 156 valence electrons. The second-order valence-electron chi connectivity index (χ2n) is 9.14. The van der Waals surface area contributed by atoms with Crippen LogP contribution in [0, 0.1) is 16.7 Å². The molecule has 0 spiro atoms. The van der Waals surface area contributed by atoms with Crippen molar-refractivity contribution < 1.29 is 26.3 Å². The largest absolute Gasteiger partial charge is 0.394 e. The minimum atomic E-state index is -4.40. The fourth-order valence-corrected chi connectivity index (χ4v) is 3.05. The van der Waals surface area contributed by atoms with Gasteiger partial charge in [0.1, 0.15) is 0 Å². The third-order valence-electron chi connectivity index (χ3n) is 5.54. The molecule has 1 rings (SSSR count). The summed E-state index contributed by atoms with van der Waals surface area (Å²) in [5.41, 5.74) is -2.34. The lowest BCUT2D eigenvalue weighted by Gasteiger charge is -2.33. The number of halogens is 6. The van der Waals surface area contributed by atoms with Crippen molar-refractivity contribution >= 4 is 0 Å². The maximum atomic E-state index is 13.4. The Morgan fingerprint density at radius 1 is 0.704 bits per heavy atom. The van der Waals surface area contributed by atoms with E-state index in [9.17, 15) is 26.3 Å². The highest BCUT2D eigenvalue weighted by atomic mass is 19.4. The molecule has 0 nitrogen and oxygen atoms in total. The first-order valence-corrected chi connectivity index (χ1v) is 9.15. The Morgan fingerprint density at radius 2 is 1.04 bits per heavy atom. The van der Waals surface area contributed by atoms with E-state index >= 15 is 0 Å². The van der Waals surface area contributed by atoms with Crippen LogP contribution >= 0.6 is 0 Å². The van der Waals surface area contributed by atoms with Gasteiger partial charge in [-0.05, 0) is 41.4 Å². The molecule has 0 aliphatic heterocycles. The van der Waals surface area contributed by atoms with E-state index < -0.39 is 23.2 Å². The van der Waals surface area contributed by atoms with Gasteiger partial charge in [-0.3, -0.25) is 0 Å². The van der Waals surface area contributed by atoms with Crippen molar-refractivity contribution in [1.82, 2.24) is 0 Å². The van der Waals surface area contributed by atoms with Crippen molar-refractivity contribution in [2.75, 3.05) is 0 Å². The number of benzene rings is 1. The number of alkyl halides is 6. The maximum absolute atomic E-state index is 13.4. The zero-order chi connectivity index (χ0) is 21.4. The fourth-order valence-electron chi connectivity index (χ4n) is 3.05. The molecular formula is C21H30F6. The standard InChI is InChI=1S/C21H30F6/c1-13(2)14(3)17-15(11-18(4,5)20(22,23)24)9-8-10-16(17)12-19(6,7)21(25,26)27/h8-10,13-14H,11-12H2,1-7H3. The van der Waals surface area contributed by atoms with Crippen LogP contribution in [-0.4, -0.2) is 12.4 Å². The Hall–Kier alpha value is -1.20. The lowest BCUT2D eigenvalue weighted by molar-refractivity contribution is -0.211. The first-order chi connectivity index (χ1) is 11.9. The van der Waals surface area contributed by atoms with Crippen LogP contribution < -0.4 is 0 Å². The lowest BCUT2D eigenvalue weighted by atomic mass is 9.74. The van der Waals surface area contributed by atoms with E-state index in [0.717, 1.165) is 27.7 Å². The molecule has 0 amide bonds. The van der Waals surface area contributed by atoms with Gasteiger partial charge >= 0.3 is 12.4 Å². The summed E-state index contributed by atoms with van der Waals surface area (Å²) < 4.78 is 80.3. The maximum Gasteiger partial charge on any atom is 0.394 e. The average molecular weight is 396 g/mol. The van der Waals surface area contributed by atoms with E-state index in [-0.39, 0.29) is 24.7 Å². The molecule has 1 unspecified atom stereocenters. The summed E-state index contributed by atoms with van der Waals surface area (Å²) in [5.74, 6) is -0.0582. The van der Waals surface area contributed by atoms with Crippen molar-refractivity contribution in [1.29, 1.82) is 0 Å². The lowest BCUT2D eigenvalue weighted by Crippen LogP contribution is -2.36. The molecule has 0 aliphatic rings. The highest BCUT2D eigenvalue weighted by molar-refractivity contribution is 5.40. The molecule has 0 aromatic heterocycles. The van der Waals surface area contributed by atoms with Crippen LogP contribution in [0.15, 0.2) is 18.2 Å². The summed E-state index contributed by atoms with van der Waals surface area (Å²) in [6.07, 6.45) is -9.31. The van der Waals surface area contributed by atoms with Gasteiger partial charge in [-0.2, -0.15) is 26.3 Å². The summed E-state index contributed by atoms with van der Waals surface area (Å²) in [6, 6.07) is 4.80. The molecule has 6 heteroatoms. The van der Waals surface area contributed by atoms with Crippen LogP contribution in [-0.2, 0) is 12.8 Å².